The van der Waals surface area contributed by atoms with Crippen LogP contribution in [-0.4, -0.2) is 34.2 Å². The Labute approximate surface area is 106 Å². The molecule has 2 aromatic rings. The van der Waals surface area contributed by atoms with Gasteiger partial charge in [0.25, 0.3) is 0 Å². The summed E-state index contributed by atoms with van der Waals surface area (Å²) >= 11 is 0. The zero-order valence-corrected chi connectivity index (χ0v) is 11.1. The number of ether oxygens (including phenoxy) is 1. The van der Waals surface area contributed by atoms with Crippen molar-refractivity contribution in [2.75, 3.05) is 18.6 Å². The van der Waals surface area contributed by atoms with E-state index in [1.807, 2.05) is 0 Å². The third kappa shape index (κ3) is 1.66. The molecule has 0 atom stereocenters. The molecule has 0 N–H and O–H groups in total. The molecule has 0 aromatic carbocycles. The Kier molecular flexibility index (Phi) is 2.70. The van der Waals surface area contributed by atoms with Gasteiger partial charge in [-0.25, -0.2) is 9.97 Å². The Hall–Kier alpha value is -1.62. The van der Waals surface area contributed by atoms with Gasteiger partial charge in [-0.2, -0.15) is 0 Å². The second kappa shape index (κ2) is 4.24. The van der Waals surface area contributed by atoms with Gasteiger partial charge >= 0.3 is 0 Å². The van der Waals surface area contributed by atoms with Crippen molar-refractivity contribution in [2.45, 2.75) is 33.0 Å². The first-order chi connectivity index (χ1) is 8.68. The Morgan fingerprint density at radius 2 is 2.22 bits per heavy atom. The summed E-state index contributed by atoms with van der Waals surface area (Å²) in [5.74, 6) is 1.00. The zero-order chi connectivity index (χ0) is 12.7. The van der Waals surface area contributed by atoms with Crippen molar-refractivity contribution in [3.63, 3.8) is 0 Å². The average molecular weight is 246 g/mol. The molecule has 0 bridgehead atoms. The molecule has 1 aliphatic rings. The van der Waals surface area contributed by atoms with Gasteiger partial charge in [0.05, 0.1) is 18.7 Å². The third-order valence-electron chi connectivity index (χ3n) is 3.57. The Balaban J connectivity index is 2.23. The summed E-state index contributed by atoms with van der Waals surface area (Å²) in [5, 5.41) is 0. The van der Waals surface area contributed by atoms with E-state index in [1.54, 1.807) is 6.33 Å². The van der Waals surface area contributed by atoms with Crippen LogP contribution in [0.1, 0.15) is 19.5 Å². The van der Waals surface area contributed by atoms with Crippen LogP contribution in [0.25, 0.3) is 11.0 Å². The summed E-state index contributed by atoms with van der Waals surface area (Å²) in [5.41, 5.74) is 3.33. The summed E-state index contributed by atoms with van der Waals surface area (Å²) in [7, 11) is 2.08. The summed E-state index contributed by atoms with van der Waals surface area (Å²) in [6, 6.07) is 2.52. The van der Waals surface area contributed by atoms with Crippen molar-refractivity contribution in [1.82, 2.24) is 14.5 Å². The molecule has 1 aliphatic heterocycles. The molecule has 0 amide bonds. The molecule has 0 saturated carbocycles. The lowest BCUT2D eigenvalue weighted by molar-refractivity contribution is 0.0865. The number of anilines is 1. The lowest BCUT2D eigenvalue weighted by atomic mass is 10.3. The van der Waals surface area contributed by atoms with Crippen molar-refractivity contribution in [2.24, 2.45) is 0 Å². The molecule has 18 heavy (non-hydrogen) atoms. The first-order valence-corrected chi connectivity index (χ1v) is 6.32. The molecule has 3 heterocycles. The largest absolute Gasteiger partial charge is 0.373 e. The fourth-order valence-corrected chi connectivity index (χ4v) is 2.34. The molecule has 3 rings (SSSR count). The van der Waals surface area contributed by atoms with Crippen LogP contribution >= 0.6 is 0 Å². The molecule has 2 aromatic heterocycles. The lowest BCUT2D eigenvalue weighted by Gasteiger charge is -2.25. The fourth-order valence-electron chi connectivity index (χ4n) is 2.34. The van der Waals surface area contributed by atoms with E-state index in [4.69, 9.17) is 4.74 Å². The minimum absolute atomic E-state index is 0.411. The smallest absolute Gasteiger partial charge is 0.156 e. The van der Waals surface area contributed by atoms with Crippen molar-refractivity contribution < 1.29 is 4.74 Å². The van der Waals surface area contributed by atoms with Crippen LogP contribution in [0.3, 0.4) is 0 Å². The van der Waals surface area contributed by atoms with E-state index in [2.05, 4.69) is 46.4 Å². The zero-order valence-electron chi connectivity index (χ0n) is 11.1. The summed E-state index contributed by atoms with van der Waals surface area (Å²) in [6.07, 6.45) is 1.64. The maximum atomic E-state index is 5.49. The van der Waals surface area contributed by atoms with Crippen LogP contribution in [-0.2, 0) is 17.9 Å². The van der Waals surface area contributed by atoms with Crippen molar-refractivity contribution in [1.29, 1.82) is 0 Å². The molecule has 0 unspecified atom stereocenters. The topological polar surface area (TPSA) is 43.2 Å². The lowest BCUT2D eigenvalue weighted by Crippen LogP contribution is -2.27. The van der Waals surface area contributed by atoms with Gasteiger partial charge in [-0.15, -0.1) is 0 Å². The first kappa shape index (κ1) is 11.5. The van der Waals surface area contributed by atoms with Crippen molar-refractivity contribution >= 4 is 16.9 Å². The minimum atomic E-state index is 0.411. The van der Waals surface area contributed by atoms with E-state index in [1.165, 1.54) is 5.69 Å². The third-order valence-corrected chi connectivity index (χ3v) is 3.57. The molecular weight excluding hydrogens is 228 g/mol. The van der Waals surface area contributed by atoms with E-state index in [0.717, 1.165) is 30.0 Å². The number of nitrogens with zero attached hydrogens (tertiary/aromatic N) is 4. The molecule has 5 heteroatoms. The highest BCUT2D eigenvalue weighted by Gasteiger charge is 2.20. The SMILES string of the molecule is CC(C)N(C)c1ncnc2cc3n(c12)CCOC3. The molecule has 96 valence electrons. The van der Waals surface area contributed by atoms with E-state index in [-0.39, 0.29) is 0 Å². The van der Waals surface area contributed by atoms with Crippen LogP contribution in [0.4, 0.5) is 5.82 Å². The predicted octanol–water partition coefficient (Wildman–Crippen LogP) is 1.81. The summed E-state index contributed by atoms with van der Waals surface area (Å²) < 4.78 is 7.78. The van der Waals surface area contributed by atoms with Crippen molar-refractivity contribution in [3.05, 3.63) is 18.1 Å². The summed E-state index contributed by atoms with van der Waals surface area (Å²) in [4.78, 5) is 11.0. The van der Waals surface area contributed by atoms with Crippen molar-refractivity contribution in [3.8, 4) is 0 Å². The van der Waals surface area contributed by atoms with E-state index < -0.39 is 0 Å². The van der Waals surface area contributed by atoms with Gasteiger partial charge in [-0.05, 0) is 19.9 Å². The van der Waals surface area contributed by atoms with E-state index >= 15 is 0 Å². The number of aromatic nitrogens is 3. The predicted molar refractivity (Wildman–Crippen MR) is 70.7 cm³/mol. The van der Waals surface area contributed by atoms with Crippen LogP contribution < -0.4 is 4.90 Å². The monoisotopic (exact) mass is 246 g/mol. The van der Waals surface area contributed by atoms with E-state index in [0.29, 0.717) is 12.6 Å². The van der Waals surface area contributed by atoms with E-state index in [9.17, 15) is 0 Å². The molecule has 5 nitrogen and oxygen atoms in total. The average Bonchev–Trinajstić information content (AvgIpc) is 2.76. The normalized spacial score (nSPS) is 15.1. The van der Waals surface area contributed by atoms with Gasteiger partial charge in [0.1, 0.15) is 11.8 Å². The fraction of sp³-hybridized carbons (Fsp3) is 0.538. The second-order valence-electron chi connectivity index (χ2n) is 4.98. The molecule has 0 fully saturated rings. The second-order valence-corrected chi connectivity index (χ2v) is 4.98. The molecular formula is C13H18N4O. The van der Waals surface area contributed by atoms with Gasteiger partial charge in [-0.3, -0.25) is 0 Å². The highest BCUT2D eigenvalue weighted by atomic mass is 16.5. The van der Waals surface area contributed by atoms with Crippen LogP contribution in [0, 0.1) is 0 Å². The van der Waals surface area contributed by atoms with Gasteiger partial charge in [0.15, 0.2) is 5.82 Å². The summed E-state index contributed by atoms with van der Waals surface area (Å²) in [6.45, 7) is 6.64. The molecule has 0 aliphatic carbocycles. The molecule has 0 spiro atoms. The number of hydrogen-bond acceptors (Lipinski definition) is 4. The maximum absolute atomic E-state index is 5.49. The number of hydrogen-bond donors (Lipinski definition) is 0. The first-order valence-electron chi connectivity index (χ1n) is 6.32. The van der Waals surface area contributed by atoms with Gasteiger partial charge in [0.2, 0.25) is 0 Å². The van der Waals surface area contributed by atoms with Crippen LogP contribution in [0.15, 0.2) is 12.4 Å². The van der Waals surface area contributed by atoms with Crippen LogP contribution in [0.2, 0.25) is 0 Å². The minimum Gasteiger partial charge on any atom is -0.373 e. The van der Waals surface area contributed by atoms with Crippen LogP contribution in [0.5, 0.6) is 0 Å². The number of rotatable bonds is 2. The molecule has 0 saturated heterocycles. The maximum Gasteiger partial charge on any atom is 0.156 e. The molecule has 0 radical (unpaired) electrons. The Morgan fingerprint density at radius 3 is 3.00 bits per heavy atom. The van der Waals surface area contributed by atoms with Gasteiger partial charge in [0, 0.05) is 25.3 Å². The van der Waals surface area contributed by atoms with Gasteiger partial charge in [-0.1, -0.05) is 0 Å². The number of fused-ring (bicyclic) bond motifs is 3. The quantitative estimate of drug-likeness (QED) is 0.810. The highest BCUT2D eigenvalue weighted by molar-refractivity contribution is 5.87. The highest BCUT2D eigenvalue weighted by Crippen LogP contribution is 2.28. The Bertz CT molecular complexity index is 576. The Morgan fingerprint density at radius 1 is 1.39 bits per heavy atom. The standard InChI is InChI=1S/C13H18N4O/c1-9(2)16(3)13-12-11(14-8-15-13)6-10-7-18-5-4-17(10)12/h6,8-9H,4-5,7H2,1-3H3. The van der Waals surface area contributed by atoms with Gasteiger partial charge < -0.3 is 14.2 Å².